The summed E-state index contributed by atoms with van der Waals surface area (Å²) < 4.78 is 29.3. The van der Waals surface area contributed by atoms with E-state index in [1.807, 2.05) is 13.8 Å². The Morgan fingerprint density at radius 2 is 1.74 bits per heavy atom. The fourth-order valence-corrected chi connectivity index (χ4v) is 8.58. The molecular formula is C27H44F2O2. The quantitative estimate of drug-likeness (QED) is 0.477. The molecule has 0 aliphatic heterocycles. The minimum atomic E-state index is -3.06. The molecule has 0 aromatic heterocycles. The third-order valence-corrected chi connectivity index (χ3v) is 10.6. The molecule has 2 N–H and O–H groups in total. The molecule has 4 aliphatic rings. The number of aliphatic hydroxyl groups is 2. The molecule has 3 fully saturated rings. The van der Waals surface area contributed by atoms with Crippen LogP contribution < -0.4 is 0 Å². The van der Waals surface area contributed by atoms with Gasteiger partial charge in [-0.1, -0.05) is 32.4 Å². The molecule has 0 heterocycles. The Labute approximate surface area is 187 Å². The minimum absolute atomic E-state index is 0.0944. The molecule has 0 amide bonds. The van der Waals surface area contributed by atoms with Crippen LogP contribution in [0.25, 0.3) is 0 Å². The molecule has 4 rings (SSSR count). The summed E-state index contributed by atoms with van der Waals surface area (Å²) in [6.45, 7) is 11.3. The van der Waals surface area contributed by atoms with Gasteiger partial charge in [0.1, 0.15) is 5.60 Å². The maximum atomic E-state index is 14.7. The monoisotopic (exact) mass is 438 g/mol. The van der Waals surface area contributed by atoms with Gasteiger partial charge < -0.3 is 10.2 Å². The maximum absolute atomic E-state index is 14.7. The Hall–Kier alpha value is -0.480. The van der Waals surface area contributed by atoms with Crippen molar-refractivity contribution in [2.45, 2.75) is 116 Å². The van der Waals surface area contributed by atoms with Crippen LogP contribution in [0, 0.1) is 40.4 Å². The summed E-state index contributed by atoms with van der Waals surface area (Å²) >= 11 is 0. The highest BCUT2D eigenvalue weighted by Crippen LogP contribution is 2.68. The third kappa shape index (κ3) is 3.72. The van der Waals surface area contributed by atoms with E-state index in [2.05, 4.69) is 19.9 Å². The number of allylic oxidation sites excluding steroid dienone is 1. The van der Waals surface area contributed by atoms with Crippen molar-refractivity contribution in [3.8, 4) is 0 Å². The number of halogens is 2. The summed E-state index contributed by atoms with van der Waals surface area (Å²) in [5.41, 5.74) is -0.746. The first-order chi connectivity index (χ1) is 14.1. The molecule has 2 nitrogen and oxygen atoms in total. The van der Waals surface area contributed by atoms with Crippen molar-refractivity contribution in [2.24, 2.45) is 40.4 Å². The lowest BCUT2D eigenvalue weighted by Gasteiger charge is -2.59. The van der Waals surface area contributed by atoms with E-state index < -0.39 is 17.1 Å². The minimum Gasteiger partial charge on any atom is -0.390 e. The zero-order valence-corrected chi connectivity index (χ0v) is 20.5. The number of hydrogen-bond donors (Lipinski definition) is 2. The Balaban J connectivity index is 1.55. The average molecular weight is 439 g/mol. The molecule has 8 atom stereocenters. The summed E-state index contributed by atoms with van der Waals surface area (Å²) in [6.07, 6.45) is 10.5. The second-order valence-corrected chi connectivity index (χ2v) is 13.1. The average Bonchev–Trinajstić information content (AvgIpc) is 2.98. The van der Waals surface area contributed by atoms with E-state index in [9.17, 15) is 19.0 Å². The van der Waals surface area contributed by atoms with Crippen molar-refractivity contribution in [2.75, 3.05) is 0 Å². The van der Waals surface area contributed by atoms with Crippen molar-refractivity contribution in [3.05, 3.63) is 11.6 Å². The summed E-state index contributed by atoms with van der Waals surface area (Å²) in [4.78, 5) is 0. The lowest BCUT2D eigenvalue weighted by Crippen LogP contribution is -2.52. The summed E-state index contributed by atoms with van der Waals surface area (Å²) in [5, 5.41) is 20.6. The van der Waals surface area contributed by atoms with Crippen molar-refractivity contribution >= 4 is 0 Å². The smallest absolute Gasteiger partial charge is 0.275 e. The van der Waals surface area contributed by atoms with Gasteiger partial charge in [-0.25, -0.2) is 8.78 Å². The third-order valence-electron chi connectivity index (χ3n) is 10.6. The van der Waals surface area contributed by atoms with Gasteiger partial charge in [-0.3, -0.25) is 0 Å². The molecule has 0 aromatic rings. The number of rotatable bonds is 4. The van der Waals surface area contributed by atoms with Gasteiger partial charge in [-0.05, 0) is 113 Å². The van der Waals surface area contributed by atoms with Crippen molar-refractivity contribution in [1.29, 1.82) is 0 Å². The Bertz CT molecular complexity index is 736. The number of fused-ring (bicyclic) bond motifs is 5. The van der Waals surface area contributed by atoms with Crippen molar-refractivity contribution < 1.29 is 19.0 Å². The molecule has 178 valence electrons. The standard InChI is InChI=1S/C27H44F2O2/c1-17(15-27(28,29)23(2,3)30)20-9-10-21-19-8-7-18-16-24(4,31)13-14-25(18,5)22(19)11-12-26(20,21)6/h7,17,19-22,30-31H,8-16H2,1-6H3. The zero-order chi connectivity index (χ0) is 23.0. The van der Waals surface area contributed by atoms with Crippen LogP contribution in [0.3, 0.4) is 0 Å². The van der Waals surface area contributed by atoms with Crippen LogP contribution in [0.2, 0.25) is 0 Å². The van der Waals surface area contributed by atoms with Crippen LogP contribution >= 0.6 is 0 Å². The lowest BCUT2D eigenvalue weighted by atomic mass is 9.46. The number of alkyl halides is 2. The summed E-state index contributed by atoms with van der Waals surface area (Å²) in [7, 11) is 0. The second kappa shape index (κ2) is 7.26. The molecule has 3 saturated carbocycles. The SMILES string of the molecule is CC(CC(F)(F)C(C)(C)O)C1CCC2C3CC=C4CC(C)(O)CCC4(C)C3CCC12C. The van der Waals surface area contributed by atoms with Crippen LogP contribution in [-0.2, 0) is 0 Å². The van der Waals surface area contributed by atoms with E-state index in [0.717, 1.165) is 44.9 Å². The zero-order valence-electron chi connectivity index (χ0n) is 20.5. The van der Waals surface area contributed by atoms with E-state index in [0.29, 0.717) is 23.7 Å². The normalized spacial score (nSPS) is 46.6. The van der Waals surface area contributed by atoms with Gasteiger partial charge in [-0.15, -0.1) is 0 Å². The van der Waals surface area contributed by atoms with E-state index in [4.69, 9.17) is 0 Å². The highest BCUT2D eigenvalue weighted by Gasteiger charge is 2.60. The fourth-order valence-electron chi connectivity index (χ4n) is 8.58. The van der Waals surface area contributed by atoms with Crippen LogP contribution in [-0.4, -0.2) is 27.3 Å². The molecule has 4 heteroatoms. The topological polar surface area (TPSA) is 40.5 Å². The molecule has 0 saturated heterocycles. The van der Waals surface area contributed by atoms with Gasteiger partial charge in [0.05, 0.1) is 5.60 Å². The van der Waals surface area contributed by atoms with Crippen molar-refractivity contribution in [1.82, 2.24) is 0 Å². The van der Waals surface area contributed by atoms with Crippen LogP contribution in [0.4, 0.5) is 8.78 Å². The second-order valence-electron chi connectivity index (χ2n) is 13.1. The Morgan fingerprint density at radius 1 is 1.06 bits per heavy atom. The highest BCUT2D eigenvalue weighted by atomic mass is 19.3. The largest absolute Gasteiger partial charge is 0.390 e. The van der Waals surface area contributed by atoms with E-state index in [1.54, 1.807) is 0 Å². The molecule has 4 aliphatic carbocycles. The van der Waals surface area contributed by atoms with E-state index in [1.165, 1.54) is 25.8 Å². The van der Waals surface area contributed by atoms with Gasteiger partial charge >= 0.3 is 0 Å². The molecule has 0 bridgehead atoms. The molecule has 8 unspecified atom stereocenters. The Morgan fingerprint density at radius 3 is 2.39 bits per heavy atom. The maximum Gasteiger partial charge on any atom is 0.275 e. The van der Waals surface area contributed by atoms with Gasteiger partial charge in [0.25, 0.3) is 5.92 Å². The first-order valence-electron chi connectivity index (χ1n) is 12.6. The highest BCUT2D eigenvalue weighted by molar-refractivity contribution is 5.26. The van der Waals surface area contributed by atoms with Gasteiger partial charge in [0.15, 0.2) is 0 Å². The first-order valence-corrected chi connectivity index (χ1v) is 12.6. The van der Waals surface area contributed by atoms with E-state index in [-0.39, 0.29) is 23.2 Å². The molecule has 0 radical (unpaired) electrons. The summed E-state index contributed by atoms with van der Waals surface area (Å²) in [6, 6.07) is 0. The van der Waals surface area contributed by atoms with Crippen LogP contribution in [0.1, 0.15) is 99.3 Å². The molecular weight excluding hydrogens is 394 g/mol. The fraction of sp³-hybridized carbons (Fsp3) is 0.926. The lowest BCUT2D eigenvalue weighted by molar-refractivity contribution is -0.177. The predicted molar refractivity (Wildman–Crippen MR) is 121 cm³/mol. The molecule has 31 heavy (non-hydrogen) atoms. The van der Waals surface area contributed by atoms with Crippen molar-refractivity contribution in [3.63, 3.8) is 0 Å². The number of hydrogen-bond acceptors (Lipinski definition) is 2. The van der Waals surface area contributed by atoms with Gasteiger partial charge in [0, 0.05) is 6.42 Å². The van der Waals surface area contributed by atoms with E-state index >= 15 is 0 Å². The van der Waals surface area contributed by atoms with Gasteiger partial charge in [0.2, 0.25) is 0 Å². The van der Waals surface area contributed by atoms with Gasteiger partial charge in [-0.2, -0.15) is 0 Å². The van der Waals surface area contributed by atoms with Crippen LogP contribution in [0.15, 0.2) is 11.6 Å². The predicted octanol–water partition coefficient (Wildman–Crippen LogP) is 6.75. The van der Waals surface area contributed by atoms with Crippen LogP contribution in [0.5, 0.6) is 0 Å². The first kappa shape index (κ1) is 23.7. The molecule has 0 spiro atoms. The Kier molecular flexibility index (Phi) is 5.54. The molecule has 0 aromatic carbocycles. The summed E-state index contributed by atoms with van der Waals surface area (Å²) in [5.74, 6) is -0.949.